The molecule has 7 heteroatoms. The number of aryl methyl sites for hydroxylation is 2. The highest BCUT2D eigenvalue weighted by atomic mass is 19.3. The van der Waals surface area contributed by atoms with Crippen molar-refractivity contribution in [3.8, 4) is 22.8 Å². The summed E-state index contributed by atoms with van der Waals surface area (Å²) in [7, 11) is 1.47. The smallest absolute Gasteiger partial charge is 0.283 e. The third kappa shape index (κ3) is 4.98. The van der Waals surface area contributed by atoms with Crippen LogP contribution in [0.25, 0.3) is 11.1 Å². The van der Waals surface area contributed by atoms with Crippen molar-refractivity contribution in [2.45, 2.75) is 26.3 Å². The molecule has 0 aliphatic carbocycles. The molecule has 0 spiro atoms. The number of carbonyl (C=O) groups excluding carboxylic acids is 1. The van der Waals surface area contributed by atoms with Crippen molar-refractivity contribution in [3.05, 3.63) is 101 Å². The first kappa shape index (κ1) is 23.2. The molecule has 174 valence electrons. The number of benzene rings is 3. The highest BCUT2D eigenvalue weighted by Crippen LogP contribution is 2.33. The van der Waals surface area contributed by atoms with Crippen LogP contribution in [0.15, 0.2) is 78.9 Å². The van der Waals surface area contributed by atoms with E-state index in [0.29, 0.717) is 5.75 Å². The molecule has 0 saturated carbocycles. The Balaban J connectivity index is 1.60. The van der Waals surface area contributed by atoms with Crippen LogP contribution < -0.4 is 10.1 Å². The molecule has 0 radical (unpaired) electrons. The Morgan fingerprint density at radius 1 is 0.941 bits per heavy atom. The quantitative estimate of drug-likeness (QED) is 0.337. The average Bonchev–Trinajstić information content (AvgIpc) is 3.17. The van der Waals surface area contributed by atoms with Crippen molar-refractivity contribution in [1.29, 1.82) is 0 Å². The summed E-state index contributed by atoms with van der Waals surface area (Å²) in [4.78, 5) is 13.1. The molecule has 5 nitrogen and oxygen atoms in total. The first-order chi connectivity index (χ1) is 16.3. The minimum Gasteiger partial charge on any atom is -0.438 e. The highest BCUT2D eigenvalue weighted by molar-refractivity contribution is 5.98. The van der Waals surface area contributed by atoms with Crippen molar-refractivity contribution in [1.82, 2.24) is 15.1 Å². The summed E-state index contributed by atoms with van der Waals surface area (Å²) in [5.74, 6) is -0.312. The molecule has 4 rings (SSSR count). The predicted octanol–water partition coefficient (Wildman–Crippen LogP) is 6.62. The number of ether oxygens (including phenoxy) is 1. The van der Waals surface area contributed by atoms with E-state index < -0.39 is 24.1 Å². The summed E-state index contributed by atoms with van der Waals surface area (Å²) < 4.78 is 34.6. The summed E-state index contributed by atoms with van der Waals surface area (Å²) in [6.07, 6.45) is -2.93. The summed E-state index contributed by atoms with van der Waals surface area (Å²) in [6, 6.07) is 24.3. The Bertz CT molecular complexity index is 1270. The minimum absolute atomic E-state index is 0.0450. The normalized spacial score (nSPS) is 11.9. The van der Waals surface area contributed by atoms with E-state index in [4.69, 9.17) is 4.74 Å². The molecule has 34 heavy (non-hydrogen) atoms. The van der Waals surface area contributed by atoms with Gasteiger partial charge in [0.2, 0.25) is 5.88 Å². The molecule has 1 atom stereocenters. The van der Waals surface area contributed by atoms with E-state index in [2.05, 4.69) is 10.4 Å². The van der Waals surface area contributed by atoms with Crippen molar-refractivity contribution >= 4 is 5.91 Å². The van der Waals surface area contributed by atoms with Gasteiger partial charge >= 0.3 is 0 Å². The van der Waals surface area contributed by atoms with Crippen LogP contribution in [0.3, 0.4) is 0 Å². The number of carbonyl (C=O) groups is 1. The number of nitrogens with one attached hydrogen (secondary N) is 1. The van der Waals surface area contributed by atoms with E-state index >= 15 is 0 Å². The maximum absolute atomic E-state index is 13.8. The molecule has 1 aromatic heterocycles. The Kier molecular flexibility index (Phi) is 6.72. The number of nitrogens with zero attached hydrogens (tertiary/aromatic N) is 2. The van der Waals surface area contributed by atoms with Gasteiger partial charge in [-0.25, -0.2) is 13.5 Å². The van der Waals surface area contributed by atoms with Crippen molar-refractivity contribution < 1.29 is 18.3 Å². The lowest BCUT2D eigenvalue weighted by Gasteiger charge is -2.16. The third-order valence-corrected chi connectivity index (χ3v) is 5.56. The molecule has 1 heterocycles. The zero-order chi connectivity index (χ0) is 24.2. The summed E-state index contributed by atoms with van der Waals surface area (Å²) in [5, 5.41) is 6.66. The highest BCUT2D eigenvalue weighted by Gasteiger charge is 2.30. The van der Waals surface area contributed by atoms with E-state index in [-0.39, 0.29) is 11.4 Å². The van der Waals surface area contributed by atoms with Gasteiger partial charge in [-0.1, -0.05) is 72.3 Å². The van der Waals surface area contributed by atoms with Gasteiger partial charge in [0.25, 0.3) is 12.3 Å². The van der Waals surface area contributed by atoms with E-state index in [1.54, 1.807) is 19.1 Å². The molecule has 3 aromatic carbocycles. The Labute approximate surface area is 197 Å². The van der Waals surface area contributed by atoms with Crippen molar-refractivity contribution in [2.75, 3.05) is 0 Å². The maximum Gasteiger partial charge on any atom is 0.283 e. The molecule has 0 aliphatic heterocycles. The van der Waals surface area contributed by atoms with E-state index in [1.165, 1.54) is 7.05 Å². The van der Waals surface area contributed by atoms with E-state index in [0.717, 1.165) is 26.9 Å². The zero-order valence-electron chi connectivity index (χ0n) is 19.1. The van der Waals surface area contributed by atoms with Crippen LogP contribution in [-0.2, 0) is 7.05 Å². The molecule has 1 N–H and O–H groups in total. The van der Waals surface area contributed by atoms with Crippen LogP contribution >= 0.6 is 0 Å². The second-order valence-electron chi connectivity index (χ2n) is 8.09. The average molecular weight is 462 g/mol. The second kappa shape index (κ2) is 9.87. The third-order valence-electron chi connectivity index (χ3n) is 5.56. The topological polar surface area (TPSA) is 56.2 Å². The number of hydrogen-bond donors (Lipinski definition) is 1. The van der Waals surface area contributed by atoms with Crippen molar-refractivity contribution in [2.24, 2.45) is 7.05 Å². The van der Waals surface area contributed by atoms with Gasteiger partial charge in [-0.2, -0.15) is 5.10 Å². The zero-order valence-corrected chi connectivity index (χ0v) is 19.1. The molecule has 1 amide bonds. The van der Waals surface area contributed by atoms with Gasteiger partial charge in [0.15, 0.2) is 0 Å². The summed E-state index contributed by atoms with van der Waals surface area (Å²) in [6.45, 7) is 3.76. The molecule has 1 unspecified atom stereocenters. The van der Waals surface area contributed by atoms with Gasteiger partial charge in [-0.15, -0.1) is 0 Å². The molecule has 0 fully saturated rings. The van der Waals surface area contributed by atoms with Crippen LogP contribution in [0, 0.1) is 6.92 Å². The first-order valence-corrected chi connectivity index (χ1v) is 10.9. The van der Waals surface area contributed by atoms with Crippen LogP contribution in [0.2, 0.25) is 0 Å². The summed E-state index contributed by atoms with van der Waals surface area (Å²) >= 11 is 0. The maximum atomic E-state index is 13.8. The Hall–Kier alpha value is -4.00. The molecule has 4 aromatic rings. The standard InChI is InChI=1S/C27H25F2N3O2/c1-17-9-11-19(12-10-17)18(2)30-26(33)23-24(25(28)29)31-32(3)27(23)34-22-15-13-21(14-16-22)20-7-5-4-6-8-20/h4-16,18,25H,1-3H3,(H,30,33). The number of hydrogen-bond acceptors (Lipinski definition) is 3. The van der Waals surface area contributed by atoms with Gasteiger partial charge in [-0.3, -0.25) is 4.79 Å². The van der Waals surface area contributed by atoms with E-state index in [9.17, 15) is 13.6 Å². The Morgan fingerprint density at radius 3 is 2.18 bits per heavy atom. The SMILES string of the molecule is Cc1ccc(C(C)NC(=O)c2c(C(F)F)nn(C)c2Oc2ccc(-c3ccccc3)cc2)cc1. The first-order valence-electron chi connectivity index (χ1n) is 10.9. The molecular weight excluding hydrogens is 436 g/mol. The largest absolute Gasteiger partial charge is 0.438 e. The number of halogens is 2. The fourth-order valence-corrected chi connectivity index (χ4v) is 3.68. The van der Waals surface area contributed by atoms with Gasteiger partial charge in [0.1, 0.15) is 17.0 Å². The number of amides is 1. The number of aromatic nitrogens is 2. The molecular formula is C27H25F2N3O2. The van der Waals surface area contributed by atoms with Crippen LogP contribution in [0.1, 0.15) is 46.6 Å². The lowest BCUT2D eigenvalue weighted by molar-refractivity contribution is 0.0922. The molecule has 0 bridgehead atoms. The van der Waals surface area contributed by atoms with Gasteiger partial charge in [0, 0.05) is 7.05 Å². The second-order valence-corrected chi connectivity index (χ2v) is 8.09. The minimum atomic E-state index is -2.93. The number of alkyl halides is 2. The summed E-state index contributed by atoms with van der Waals surface area (Å²) in [5.41, 5.74) is 3.08. The van der Waals surface area contributed by atoms with Crippen molar-refractivity contribution in [3.63, 3.8) is 0 Å². The monoisotopic (exact) mass is 461 g/mol. The van der Waals surface area contributed by atoms with Crippen LogP contribution in [-0.4, -0.2) is 15.7 Å². The van der Waals surface area contributed by atoms with Gasteiger partial charge in [0.05, 0.1) is 6.04 Å². The molecule has 0 saturated heterocycles. The lowest BCUT2D eigenvalue weighted by atomic mass is 10.1. The van der Waals surface area contributed by atoms with Gasteiger partial charge in [-0.05, 0) is 42.7 Å². The fourth-order valence-electron chi connectivity index (χ4n) is 3.68. The van der Waals surface area contributed by atoms with Gasteiger partial charge < -0.3 is 10.1 Å². The predicted molar refractivity (Wildman–Crippen MR) is 127 cm³/mol. The fraction of sp³-hybridized carbons (Fsp3) is 0.185. The van der Waals surface area contributed by atoms with Crippen LogP contribution in [0.5, 0.6) is 11.6 Å². The molecule has 0 aliphatic rings. The van der Waals surface area contributed by atoms with Crippen LogP contribution in [0.4, 0.5) is 8.78 Å². The Morgan fingerprint density at radius 2 is 1.56 bits per heavy atom. The van der Waals surface area contributed by atoms with E-state index in [1.807, 2.05) is 73.7 Å². The lowest BCUT2D eigenvalue weighted by Crippen LogP contribution is -2.27. The number of rotatable bonds is 7.